The summed E-state index contributed by atoms with van der Waals surface area (Å²) >= 11 is 0. The van der Waals surface area contributed by atoms with Crippen molar-refractivity contribution in [2.45, 2.75) is 49.5 Å². The summed E-state index contributed by atoms with van der Waals surface area (Å²) in [7, 11) is 0. The molecular weight excluding hydrogens is 326 g/mol. The van der Waals surface area contributed by atoms with Gasteiger partial charge in [0.1, 0.15) is 0 Å². The maximum Gasteiger partial charge on any atom is 0.0682 e. The molecule has 0 aliphatic carbocycles. The van der Waals surface area contributed by atoms with E-state index in [2.05, 4.69) is 45.0 Å². The predicted octanol–water partition coefficient (Wildman–Crippen LogP) is 1.17. The number of aliphatic hydroxyl groups is 1. The first-order valence-electron chi connectivity index (χ1n) is 10.2. The lowest BCUT2D eigenvalue weighted by atomic mass is 9.81. The van der Waals surface area contributed by atoms with Gasteiger partial charge in [0, 0.05) is 64.6 Å². The zero-order valence-electron chi connectivity index (χ0n) is 15.6. The molecule has 0 aromatic heterocycles. The molecule has 5 rings (SSSR count). The van der Waals surface area contributed by atoms with E-state index in [1.54, 1.807) is 0 Å². The van der Waals surface area contributed by atoms with Crippen LogP contribution in [0.5, 0.6) is 0 Å². The van der Waals surface area contributed by atoms with Gasteiger partial charge in [-0.15, -0.1) is 0 Å². The number of nitrogens with zero attached hydrogens (tertiary/aromatic N) is 3. The van der Waals surface area contributed by atoms with Crippen molar-refractivity contribution in [3.8, 4) is 0 Å². The molecule has 0 saturated carbocycles. The zero-order valence-corrected chi connectivity index (χ0v) is 15.6. The van der Waals surface area contributed by atoms with Crippen molar-refractivity contribution in [3.63, 3.8) is 0 Å². The highest BCUT2D eigenvalue weighted by Gasteiger charge is 2.56. The number of likely N-dealkylation sites (tertiary alicyclic amines) is 1. The van der Waals surface area contributed by atoms with Gasteiger partial charge < -0.3 is 9.84 Å². The number of hydrogen-bond donors (Lipinski definition) is 1. The van der Waals surface area contributed by atoms with Gasteiger partial charge in [-0.05, 0) is 24.8 Å². The molecule has 4 saturated heterocycles. The molecule has 2 atom stereocenters. The summed E-state index contributed by atoms with van der Waals surface area (Å²) in [6, 6.07) is 12.0. The maximum absolute atomic E-state index is 10.3. The smallest absolute Gasteiger partial charge is 0.0682 e. The fourth-order valence-corrected chi connectivity index (χ4v) is 5.78. The van der Waals surface area contributed by atoms with Gasteiger partial charge in [-0.1, -0.05) is 30.3 Å². The highest BCUT2D eigenvalue weighted by Crippen LogP contribution is 2.41. The molecule has 1 spiro atoms. The minimum absolute atomic E-state index is 0.148. The van der Waals surface area contributed by atoms with E-state index in [4.69, 9.17) is 4.74 Å². The summed E-state index contributed by atoms with van der Waals surface area (Å²) in [6.45, 7) is 8.26. The van der Waals surface area contributed by atoms with Gasteiger partial charge in [0.15, 0.2) is 0 Å². The number of benzene rings is 1. The Balaban J connectivity index is 1.30. The van der Waals surface area contributed by atoms with Crippen LogP contribution >= 0.6 is 0 Å². The van der Waals surface area contributed by atoms with E-state index >= 15 is 0 Å². The molecule has 4 aliphatic rings. The second-order valence-corrected chi connectivity index (χ2v) is 8.82. The van der Waals surface area contributed by atoms with Crippen LogP contribution in [0.3, 0.4) is 0 Å². The number of piperazine rings is 1. The Morgan fingerprint density at radius 2 is 1.77 bits per heavy atom. The summed E-state index contributed by atoms with van der Waals surface area (Å²) in [4.78, 5) is 7.97. The van der Waals surface area contributed by atoms with E-state index in [0.717, 1.165) is 58.9 Å². The second-order valence-electron chi connectivity index (χ2n) is 8.82. The molecule has 1 aromatic carbocycles. The van der Waals surface area contributed by atoms with Crippen LogP contribution in [0, 0.1) is 0 Å². The lowest BCUT2D eigenvalue weighted by Gasteiger charge is -2.63. The number of fused-ring (bicyclic) bond motifs is 2. The van der Waals surface area contributed by atoms with Crippen molar-refractivity contribution in [3.05, 3.63) is 35.9 Å². The minimum atomic E-state index is -0.148. The third kappa shape index (κ3) is 3.10. The van der Waals surface area contributed by atoms with Gasteiger partial charge in [0.25, 0.3) is 0 Å². The molecule has 1 aromatic rings. The summed E-state index contributed by atoms with van der Waals surface area (Å²) < 4.78 is 5.54. The molecule has 4 heterocycles. The van der Waals surface area contributed by atoms with E-state index in [0.29, 0.717) is 12.1 Å². The van der Waals surface area contributed by atoms with E-state index < -0.39 is 0 Å². The van der Waals surface area contributed by atoms with E-state index in [9.17, 15) is 5.11 Å². The number of β-amino-alcohol motifs (C(OH)–C–C–N with tert-alkyl or cyclic N) is 1. The van der Waals surface area contributed by atoms with Crippen LogP contribution in [-0.2, 0) is 11.3 Å². The maximum atomic E-state index is 10.3. The summed E-state index contributed by atoms with van der Waals surface area (Å²) in [6.07, 6.45) is 3.14. The van der Waals surface area contributed by atoms with Crippen LogP contribution in [0.4, 0.5) is 0 Å². The topological polar surface area (TPSA) is 39.2 Å². The third-order valence-corrected chi connectivity index (χ3v) is 6.94. The lowest BCUT2D eigenvalue weighted by Crippen LogP contribution is -2.79. The molecular formula is C21H31N3O2. The Hall–Kier alpha value is -0.980. The lowest BCUT2D eigenvalue weighted by molar-refractivity contribution is -0.137. The molecule has 5 nitrogen and oxygen atoms in total. The van der Waals surface area contributed by atoms with Gasteiger partial charge in [0.2, 0.25) is 0 Å². The van der Waals surface area contributed by atoms with Gasteiger partial charge >= 0.3 is 0 Å². The Bertz CT molecular complexity index is 613. The average molecular weight is 357 g/mol. The molecule has 5 heteroatoms. The Morgan fingerprint density at radius 3 is 2.54 bits per heavy atom. The third-order valence-electron chi connectivity index (χ3n) is 6.94. The van der Waals surface area contributed by atoms with Gasteiger partial charge in [-0.25, -0.2) is 0 Å². The second kappa shape index (κ2) is 6.88. The van der Waals surface area contributed by atoms with Gasteiger partial charge in [-0.3, -0.25) is 14.7 Å². The summed E-state index contributed by atoms with van der Waals surface area (Å²) in [5.41, 5.74) is 1.64. The Labute approximate surface area is 156 Å². The van der Waals surface area contributed by atoms with E-state index in [-0.39, 0.29) is 11.6 Å². The van der Waals surface area contributed by atoms with Crippen molar-refractivity contribution < 1.29 is 9.84 Å². The predicted molar refractivity (Wildman–Crippen MR) is 101 cm³/mol. The highest BCUT2D eigenvalue weighted by atomic mass is 16.5. The fraction of sp³-hybridized carbons (Fsp3) is 0.714. The number of aliphatic hydroxyl groups excluding tert-OH is 1. The quantitative estimate of drug-likeness (QED) is 0.879. The largest absolute Gasteiger partial charge is 0.392 e. The normalized spacial score (nSPS) is 33.3. The van der Waals surface area contributed by atoms with Crippen LogP contribution < -0.4 is 0 Å². The fourth-order valence-electron chi connectivity index (χ4n) is 5.78. The number of ether oxygens (including phenoxy) is 1. The van der Waals surface area contributed by atoms with Crippen LogP contribution in [-0.4, -0.2) is 89.5 Å². The van der Waals surface area contributed by atoms with E-state index in [1.165, 1.54) is 18.4 Å². The standard InChI is InChI=1S/C21H31N3O2/c25-20-10-19-12-22(11-17-4-2-1-3-5-17)14-21(24(19)13-20)15-23(16-21)18-6-8-26-9-7-18/h1-5,18-20,25H,6-16H2/t19-,20-/m1/s1. The first-order valence-corrected chi connectivity index (χ1v) is 10.2. The molecule has 1 N–H and O–H groups in total. The molecule has 26 heavy (non-hydrogen) atoms. The molecule has 142 valence electrons. The molecule has 0 unspecified atom stereocenters. The van der Waals surface area contributed by atoms with Gasteiger partial charge in [0.05, 0.1) is 11.6 Å². The highest BCUT2D eigenvalue weighted by molar-refractivity contribution is 5.18. The van der Waals surface area contributed by atoms with Crippen LogP contribution in [0.2, 0.25) is 0 Å². The minimum Gasteiger partial charge on any atom is -0.392 e. The van der Waals surface area contributed by atoms with Crippen LogP contribution in [0.15, 0.2) is 30.3 Å². The number of hydrogen-bond acceptors (Lipinski definition) is 5. The molecule has 4 fully saturated rings. The SMILES string of the molecule is O[C@@H]1C[C@@H]2CN(Cc3ccccc3)CC3(CN(C4CCOCC4)C3)N2C1. The molecule has 0 amide bonds. The molecule has 0 bridgehead atoms. The van der Waals surface area contributed by atoms with E-state index in [1.807, 2.05) is 0 Å². The van der Waals surface area contributed by atoms with Crippen molar-refractivity contribution >= 4 is 0 Å². The van der Waals surface area contributed by atoms with Crippen molar-refractivity contribution in [1.29, 1.82) is 0 Å². The van der Waals surface area contributed by atoms with Crippen molar-refractivity contribution in [2.24, 2.45) is 0 Å². The Morgan fingerprint density at radius 1 is 1.00 bits per heavy atom. The van der Waals surface area contributed by atoms with Crippen LogP contribution in [0.1, 0.15) is 24.8 Å². The summed E-state index contributed by atoms with van der Waals surface area (Å²) in [5, 5.41) is 10.3. The first-order chi connectivity index (χ1) is 12.7. The van der Waals surface area contributed by atoms with Crippen molar-refractivity contribution in [1.82, 2.24) is 14.7 Å². The Kier molecular flexibility index (Phi) is 4.53. The zero-order chi connectivity index (χ0) is 17.6. The van der Waals surface area contributed by atoms with Crippen LogP contribution in [0.25, 0.3) is 0 Å². The number of rotatable bonds is 3. The monoisotopic (exact) mass is 357 g/mol. The van der Waals surface area contributed by atoms with Gasteiger partial charge in [-0.2, -0.15) is 0 Å². The summed E-state index contributed by atoms with van der Waals surface area (Å²) in [5.74, 6) is 0. The molecule has 0 radical (unpaired) electrons. The average Bonchev–Trinajstić information content (AvgIpc) is 3.01. The van der Waals surface area contributed by atoms with Crippen molar-refractivity contribution in [2.75, 3.05) is 45.9 Å². The molecule has 4 aliphatic heterocycles. The first kappa shape index (κ1) is 17.1.